The average molecular weight is 380 g/mol. The minimum Gasteiger partial charge on any atom is -0.445 e. The first-order valence-corrected chi connectivity index (χ1v) is 8.14. The molecule has 0 saturated heterocycles. The monoisotopic (exact) mass is 380 g/mol. The van der Waals surface area contributed by atoms with Crippen LogP contribution in [0, 0.1) is 0 Å². The Morgan fingerprint density at radius 1 is 1.00 bits per heavy atom. The lowest BCUT2D eigenvalue weighted by Crippen LogP contribution is -2.29. The van der Waals surface area contributed by atoms with Crippen LogP contribution in [0.5, 0.6) is 0 Å². The van der Waals surface area contributed by atoms with Gasteiger partial charge in [0.05, 0.1) is 6.20 Å². The lowest BCUT2D eigenvalue weighted by molar-refractivity contribution is -0.132. The Hall–Kier alpha value is -4.14. The fraction of sp³-hybridized carbons (Fsp3) is 0.0526. The first-order valence-electron chi connectivity index (χ1n) is 8.14. The van der Waals surface area contributed by atoms with Gasteiger partial charge in [-0.15, -0.1) is 0 Å². The standard InChI is InChI=1S/C19H16N4O5/c20-19(26)27-10-12-2-1-3-15(8-12)23-18(25)17(24)22-14-6-4-13(5-7-14)16-9-21-11-28-16/h1-9,11H,10H2,(H2,20,26)(H,22,24)(H,23,25). The van der Waals surface area contributed by atoms with Crippen LogP contribution < -0.4 is 16.4 Å². The summed E-state index contributed by atoms with van der Waals surface area (Å²) in [6.45, 7) is -0.0389. The quantitative estimate of drug-likeness (QED) is 0.582. The molecule has 1 heterocycles. The minimum absolute atomic E-state index is 0.0389. The molecule has 0 saturated carbocycles. The molecule has 0 atom stereocenters. The Bertz CT molecular complexity index is 984. The number of benzene rings is 2. The summed E-state index contributed by atoms with van der Waals surface area (Å²) in [5.41, 5.74) is 7.15. The highest BCUT2D eigenvalue weighted by Gasteiger charge is 2.14. The summed E-state index contributed by atoms with van der Waals surface area (Å²) in [6.07, 6.45) is 2.00. The average Bonchev–Trinajstić information content (AvgIpc) is 3.22. The normalized spacial score (nSPS) is 10.1. The van der Waals surface area contributed by atoms with Gasteiger partial charge < -0.3 is 25.5 Å². The Kier molecular flexibility index (Phi) is 5.66. The zero-order valence-electron chi connectivity index (χ0n) is 14.5. The summed E-state index contributed by atoms with van der Waals surface area (Å²) in [5, 5.41) is 4.98. The van der Waals surface area contributed by atoms with Crippen LogP contribution in [-0.4, -0.2) is 22.9 Å². The number of carbonyl (C=O) groups excluding carboxylic acids is 3. The molecule has 0 aliphatic heterocycles. The molecule has 0 aliphatic rings. The number of anilines is 2. The van der Waals surface area contributed by atoms with Crippen molar-refractivity contribution in [2.24, 2.45) is 5.73 Å². The van der Waals surface area contributed by atoms with Crippen LogP contribution in [0.2, 0.25) is 0 Å². The number of primary amides is 1. The molecule has 3 amide bonds. The smallest absolute Gasteiger partial charge is 0.404 e. The summed E-state index contributed by atoms with van der Waals surface area (Å²) in [4.78, 5) is 38.7. The number of hydrogen-bond acceptors (Lipinski definition) is 6. The first kappa shape index (κ1) is 18.6. The second kappa shape index (κ2) is 8.49. The van der Waals surface area contributed by atoms with E-state index in [0.717, 1.165) is 5.56 Å². The number of amides is 3. The van der Waals surface area contributed by atoms with Crippen molar-refractivity contribution in [1.29, 1.82) is 0 Å². The van der Waals surface area contributed by atoms with E-state index >= 15 is 0 Å². The molecule has 142 valence electrons. The molecule has 0 unspecified atom stereocenters. The van der Waals surface area contributed by atoms with Crippen molar-refractivity contribution in [1.82, 2.24) is 4.98 Å². The Morgan fingerprint density at radius 3 is 2.36 bits per heavy atom. The minimum atomic E-state index is -0.900. The van der Waals surface area contributed by atoms with E-state index in [9.17, 15) is 14.4 Å². The third-order valence-electron chi connectivity index (χ3n) is 3.63. The topological polar surface area (TPSA) is 137 Å². The van der Waals surface area contributed by atoms with Crippen molar-refractivity contribution in [3.05, 3.63) is 66.7 Å². The SMILES string of the molecule is NC(=O)OCc1cccc(NC(=O)C(=O)Nc2ccc(-c3cnco3)cc2)c1. The molecule has 9 nitrogen and oxygen atoms in total. The molecule has 3 rings (SSSR count). The number of aromatic nitrogens is 1. The van der Waals surface area contributed by atoms with Crippen LogP contribution in [0.1, 0.15) is 5.56 Å². The van der Waals surface area contributed by atoms with Gasteiger partial charge in [0.25, 0.3) is 0 Å². The van der Waals surface area contributed by atoms with Gasteiger partial charge in [0, 0.05) is 16.9 Å². The lowest BCUT2D eigenvalue weighted by Gasteiger charge is -2.08. The van der Waals surface area contributed by atoms with Crippen molar-refractivity contribution < 1.29 is 23.5 Å². The number of nitrogens with zero attached hydrogens (tertiary/aromatic N) is 1. The summed E-state index contributed by atoms with van der Waals surface area (Å²) < 4.78 is 9.88. The van der Waals surface area contributed by atoms with Gasteiger partial charge in [0.1, 0.15) is 6.61 Å². The van der Waals surface area contributed by atoms with Crippen molar-refractivity contribution >= 4 is 29.3 Å². The predicted molar refractivity (Wildman–Crippen MR) is 100 cm³/mol. The maximum Gasteiger partial charge on any atom is 0.404 e. The maximum absolute atomic E-state index is 12.1. The molecule has 9 heteroatoms. The second-order valence-corrected chi connectivity index (χ2v) is 5.66. The Balaban J connectivity index is 1.58. The summed E-state index contributed by atoms with van der Waals surface area (Å²) >= 11 is 0. The van der Waals surface area contributed by atoms with Gasteiger partial charge in [-0.1, -0.05) is 12.1 Å². The Labute approximate surface area is 159 Å². The van der Waals surface area contributed by atoms with E-state index in [4.69, 9.17) is 10.2 Å². The summed E-state index contributed by atoms with van der Waals surface area (Å²) in [5.74, 6) is -1.07. The lowest BCUT2D eigenvalue weighted by atomic mass is 10.1. The van der Waals surface area contributed by atoms with E-state index in [0.29, 0.717) is 22.7 Å². The van der Waals surface area contributed by atoms with Crippen LogP contribution in [0.25, 0.3) is 11.3 Å². The van der Waals surface area contributed by atoms with E-state index in [1.165, 1.54) is 6.39 Å². The third-order valence-corrected chi connectivity index (χ3v) is 3.63. The van der Waals surface area contributed by atoms with Crippen LogP contribution in [-0.2, 0) is 20.9 Å². The third kappa shape index (κ3) is 4.94. The fourth-order valence-corrected chi connectivity index (χ4v) is 2.35. The van der Waals surface area contributed by atoms with E-state index in [1.54, 1.807) is 54.7 Å². The van der Waals surface area contributed by atoms with Crippen LogP contribution in [0.3, 0.4) is 0 Å². The summed E-state index contributed by atoms with van der Waals surface area (Å²) in [6, 6.07) is 13.3. The molecule has 1 aromatic heterocycles. The van der Waals surface area contributed by atoms with Crippen LogP contribution in [0.4, 0.5) is 16.2 Å². The molecular weight excluding hydrogens is 364 g/mol. The molecule has 0 bridgehead atoms. The number of ether oxygens (including phenoxy) is 1. The first-order chi connectivity index (χ1) is 13.5. The number of oxazole rings is 1. The van der Waals surface area contributed by atoms with Crippen molar-refractivity contribution in [3.63, 3.8) is 0 Å². The largest absolute Gasteiger partial charge is 0.445 e. The highest BCUT2D eigenvalue weighted by Crippen LogP contribution is 2.20. The highest BCUT2D eigenvalue weighted by molar-refractivity contribution is 6.43. The van der Waals surface area contributed by atoms with Gasteiger partial charge >= 0.3 is 17.9 Å². The van der Waals surface area contributed by atoms with E-state index in [-0.39, 0.29) is 6.61 Å². The maximum atomic E-state index is 12.1. The fourth-order valence-electron chi connectivity index (χ4n) is 2.35. The molecular formula is C19H16N4O5. The van der Waals surface area contributed by atoms with Gasteiger partial charge in [0.2, 0.25) is 0 Å². The molecule has 4 N–H and O–H groups in total. The van der Waals surface area contributed by atoms with Crippen molar-refractivity contribution in [2.45, 2.75) is 6.61 Å². The van der Waals surface area contributed by atoms with Crippen LogP contribution >= 0.6 is 0 Å². The number of nitrogens with two attached hydrogens (primary N) is 1. The molecule has 28 heavy (non-hydrogen) atoms. The zero-order valence-corrected chi connectivity index (χ0v) is 14.5. The van der Waals surface area contributed by atoms with Gasteiger partial charge in [-0.05, 0) is 42.0 Å². The number of hydrogen-bond donors (Lipinski definition) is 3. The zero-order chi connectivity index (χ0) is 19.9. The summed E-state index contributed by atoms with van der Waals surface area (Å²) in [7, 11) is 0. The molecule has 0 spiro atoms. The predicted octanol–water partition coefficient (Wildman–Crippen LogP) is 2.51. The molecule has 0 fully saturated rings. The Morgan fingerprint density at radius 2 is 1.71 bits per heavy atom. The number of rotatable bonds is 5. The highest BCUT2D eigenvalue weighted by atomic mass is 16.5. The van der Waals surface area contributed by atoms with Crippen molar-refractivity contribution in [2.75, 3.05) is 10.6 Å². The van der Waals surface area contributed by atoms with Crippen molar-refractivity contribution in [3.8, 4) is 11.3 Å². The van der Waals surface area contributed by atoms with E-state index < -0.39 is 17.9 Å². The number of nitrogens with one attached hydrogen (secondary N) is 2. The number of carbonyl (C=O) groups is 3. The van der Waals surface area contributed by atoms with E-state index in [2.05, 4.69) is 20.4 Å². The molecule has 0 aliphatic carbocycles. The molecule has 2 aromatic carbocycles. The van der Waals surface area contributed by atoms with E-state index in [1.807, 2.05) is 0 Å². The molecule has 3 aromatic rings. The van der Waals surface area contributed by atoms with Gasteiger partial charge in [-0.2, -0.15) is 0 Å². The van der Waals surface area contributed by atoms with Crippen LogP contribution in [0.15, 0.2) is 65.5 Å². The van der Waals surface area contributed by atoms with Gasteiger partial charge in [-0.3, -0.25) is 9.59 Å². The van der Waals surface area contributed by atoms with Gasteiger partial charge in [-0.25, -0.2) is 9.78 Å². The molecule has 0 radical (unpaired) electrons. The van der Waals surface area contributed by atoms with Gasteiger partial charge in [0.15, 0.2) is 12.2 Å². The second-order valence-electron chi connectivity index (χ2n) is 5.66.